The molecule has 0 spiro atoms. The fraction of sp³-hybridized carbons (Fsp3) is 0.222. The second-order valence-electron chi connectivity index (χ2n) is 2.19. The maximum atomic E-state index is 8.01. The zero-order valence-corrected chi connectivity index (χ0v) is 6.56. The fourth-order valence-electron chi connectivity index (χ4n) is 0.802. The van der Waals surface area contributed by atoms with E-state index < -0.39 is 0 Å². The summed E-state index contributed by atoms with van der Waals surface area (Å²) in [5.74, 6) is 0. The quantitative estimate of drug-likeness (QED) is 0.385. The van der Waals surface area contributed by atoms with Crippen molar-refractivity contribution >= 4 is 0 Å². The first-order valence-electron chi connectivity index (χ1n) is 3.56. The van der Waals surface area contributed by atoms with Gasteiger partial charge in [0.05, 0.1) is 6.61 Å². The molecular formula is C9H9NO2. The number of nitriles is 1. The molecular weight excluding hydrogens is 154 g/mol. The first-order chi connectivity index (χ1) is 5.93. The van der Waals surface area contributed by atoms with Crippen molar-refractivity contribution < 1.29 is 9.47 Å². The summed E-state index contributed by atoms with van der Waals surface area (Å²) in [5, 5.41) is 8.01. The molecule has 1 aromatic rings. The predicted molar refractivity (Wildman–Crippen MR) is 42.8 cm³/mol. The van der Waals surface area contributed by atoms with E-state index >= 15 is 0 Å². The lowest BCUT2D eigenvalue weighted by molar-refractivity contribution is -0.0134. The summed E-state index contributed by atoms with van der Waals surface area (Å²) < 4.78 is 9.35. The van der Waals surface area contributed by atoms with Crippen LogP contribution in [0.2, 0.25) is 0 Å². The summed E-state index contributed by atoms with van der Waals surface area (Å²) in [4.78, 5) is 0. The van der Waals surface area contributed by atoms with Crippen LogP contribution in [0.1, 0.15) is 5.56 Å². The molecule has 0 bridgehead atoms. The highest BCUT2D eigenvalue weighted by atomic mass is 16.7. The Morgan fingerprint density at radius 1 is 1.25 bits per heavy atom. The maximum absolute atomic E-state index is 8.01. The van der Waals surface area contributed by atoms with Crippen LogP contribution in [0.3, 0.4) is 0 Å². The van der Waals surface area contributed by atoms with E-state index in [1.165, 1.54) is 6.26 Å². The Morgan fingerprint density at radius 3 is 2.67 bits per heavy atom. The SMILES string of the molecule is N#COCOCc1ccccc1. The molecule has 0 aliphatic rings. The van der Waals surface area contributed by atoms with Gasteiger partial charge in [0.15, 0.2) is 0 Å². The highest BCUT2D eigenvalue weighted by Crippen LogP contribution is 1.99. The molecule has 0 heterocycles. The first-order valence-corrected chi connectivity index (χ1v) is 3.56. The van der Waals surface area contributed by atoms with Crippen molar-refractivity contribution in [2.24, 2.45) is 0 Å². The van der Waals surface area contributed by atoms with Crippen molar-refractivity contribution in [2.45, 2.75) is 6.61 Å². The van der Waals surface area contributed by atoms with Gasteiger partial charge in [0.2, 0.25) is 6.79 Å². The molecule has 0 fully saturated rings. The molecule has 3 nitrogen and oxygen atoms in total. The van der Waals surface area contributed by atoms with E-state index in [0.717, 1.165) is 5.56 Å². The molecule has 0 unspecified atom stereocenters. The lowest BCUT2D eigenvalue weighted by Gasteiger charge is -2.00. The van der Waals surface area contributed by atoms with Crippen molar-refractivity contribution in [3.63, 3.8) is 0 Å². The molecule has 3 heteroatoms. The Bertz CT molecular complexity index is 253. The van der Waals surface area contributed by atoms with Gasteiger partial charge >= 0.3 is 0 Å². The smallest absolute Gasteiger partial charge is 0.288 e. The van der Waals surface area contributed by atoms with Crippen LogP contribution in [-0.2, 0) is 16.1 Å². The molecule has 1 rings (SSSR count). The minimum atomic E-state index is 0.0192. The van der Waals surface area contributed by atoms with Gasteiger partial charge in [-0.15, -0.1) is 0 Å². The predicted octanol–water partition coefficient (Wildman–Crippen LogP) is 1.66. The zero-order chi connectivity index (χ0) is 8.65. The molecule has 0 atom stereocenters. The van der Waals surface area contributed by atoms with E-state index in [0.29, 0.717) is 6.61 Å². The maximum Gasteiger partial charge on any atom is 0.288 e. The second-order valence-corrected chi connectivity index (χ2v) is 2.19. The van der Waals surface area contributed by atoms with E-state index in [4.69, 9.17) is 10.00 Å². The molecule has 12 heavy (non-hydrogen) atoms. The van der Waals surface area contributed by atoms with E-state index in [1.807, 2.05) is 30.3 Å². The Hall–Kier alpha value is -1.53. The average Bonchev–Trinajstić information content (AvgIpc) is 2.14. The van der Waals surface area contributed by atoms with Gasteiger partial charge in [0.25, 0.3) is 6.26 Å². The highest BCUT2D eigenvalue weighted by Gasteiger charge is 1.89. The average molecular weight is 163 g/mol. The molecule has 0 saturated carbocycles. The number of hydrogen-bond acceptors (Lipinski definition) is 3. The summed E-state index contributed by atoms with van der Waals surface area (Å²) >= 11 is 0. The number of benzene rings is 1. The summed E-state index contributed by atoms with van der Waals surface area (Å²) in [6, 6.07) is 9.71. The third-order valence-electron chi connectivity index (χ3n) is 1.32. The highest BCUT2D eigenvalue weighted by molar-refractivity contribution is 5.13. The van der Waals surface area contributed by atoms with E-state index in [2.05, 4.69) is 4.74 Å². The minimum Gasteiger partial charge on any atom is -0.398 e. The standard InChI is InChI=1S/C9H9NO2/c10-7-12-8-11-6-9-4-2-1-3-5-9/h1-5H,6,8H2. The van der Waals surface area contributed by atoms with Gasteiger partial charge in [-0.1, -0.05) is 30.3 Å². The van der Waals surface area contributed by atoms with Crippen LogP contribution in [0.5, 0.6) is 0 Å². The van der Waals surface area contributed by atoms with Crippen molar-refractivity contribution in [1.82, 2.24) is 0 Å². The summed E-state index contributed by atoms with van der Waals surface area (Å²) in [6.45, 7) is 0.494. The van der Waals surface area contributed by atoms with Gasteiger partial charge in [0.1, 0.15) is 0 Å². The van der Waals surface area contributed by atoms with Gasteiger partial charge in [-0.25, -0.2) is 0 Å². The summed E-state index contributed by atoms with van der Waals surface area (Å²) in [5.41, 5.74) is 1.07. The Morgan fingerprint density at radius 2 is 2.00 bits per heavy atom. The molecule has 1 aromatic carbocycles. The molecule has 0 amide bonds. The van der Waals surface area contributed by atoms with Crippen LogP contribution < -0.4 is 0 Å². The van der Waals surface area contributed by atoms with Crippen LogP contribution in [0, 0.1) is 11.5 Å². The molecule has 0 aromatic heterocycles. The lowest BCUT2D eigenvalue weighted by atomic mass is 10.2. The normalized spacial score (nSPS) is 8.92. The van der Waals surface area contributed by atoms with Gasteiger partial charge in [-0.2, -0.15) is 5.26 Å². The molecule has 0 radical (unpaired) electrons. The van der Waals surface area contributed by atoms with Crippen molar-refractivity contribution in [1.29, 1.82) is 5.26 Å². The number of rotatable bonds is 4. The topological polar surface area (TPSA) is 42.2 Å². The van der Waals surface area contributed by atoms with Gasteiger partial charge in [-0.3, -0.25) is 0 Å². The number of ether oxygens (including phenoxy) is 2. The van der Waals surface area contributed by atoms with Gasteiger partial charge in [-0.05, 0) is 5.56 Å². The van der Waals surface area contributed by atoms with E-state index in [1.54, 1.807) is 0 Å². The summed E-state index contributed by atoms with van der Waals surface area (Å²) in [7, 11) is 0. The lowest BCUT2D eigenvalue weighted by Crippen LogP contribution is -1.95. The Balaban J connectivity index is 2.21. The van der Waals surface area contributed by atoms with Crippen LogP contribution in [0.15, 0.2) is 30.3 Å². The molecule has 62 valence electrons. The van der Waals surface area contributed by atoms with E-state index in [9.17, 15) is 0 Å². The monoisotopic (exact) mass is 163 g/mol. The molecule has 0 aliphatic carbocycles. The summed E-state index contributed by atoms with van der Waals surface area (Å²) in [6.07, 6.45) is 1.53. The van der Waals surface area contributed by atoms with E-state index in [-0.39, 0.29) is 6.79 Å². The largest absolute Gasteiger partial charge is 0.398 e. The van der Waals surface area contributed by atoms with Gasteiger partial charge in [0, 0.05) is 0 Å². The molecule has 0 N–H and O–H groups in total. The van der Waals surface area contributed by atoms with Crippen LogP contribution in [0.25, 0.3) is 0 Å². The number of hydrogen-bond donors (Lipinski definition) is 0. The van der Waals surface area contributed by atoms with Crippen LogP contribution in [0.4, 0.5) is 0 Å². The Labute approximate surface area is 71.1 Å². The first kappa shape index (κ1) is 8.57. The van der Waals surface area contributed by atoms with Crippen molar-refractivity contribution in [3.8, 4) is 6.26 Å². The Kier molecular flexibility index (Phi) is 3.69. The number of nitrogens with zero attached hydrogens (tertiary/aromatic N) is 1. The van der Waals surface area contributed by atoms with Crippen LogP contribution in [-0.4, -0.2) is 6.79 Å². The third-order valence-corrected chi connectivity index (χ3v) is 1.32. The van der Waals surface area contributed by atoms with Crippen molar-refractivity contribution in [3.05, 3.63) is 35.9 Å². The minimum absolute atomic E-state index is 0.0192. The van der Waals surface area contributed by atoms with Gasteiger partial charge < -0.3 is 9.47 Å². The second kappa shape index (κ2) is 5.16. The zero-order valence-electron chi connectivity index (χ0n) is 6.56. The third kappa shape index (κ3) is 3.04. The molecule has 0 saturated heterocycles. The van der Waals surface area contributed by atoms with Crippen molar-refractivity contribution in [2.75, 3.05) is 6.79 Å². The fourth-order valence-corrected chi connectivity index (χ4v) is 0.802. The van der Waals surface area contributed by atoms with Crippen LogP contribution >= 0.6 is 0 Å². The molecule has 0 aliphatic heterocycles.